The molecule has 1 aliphatic carbocycles. The predicted octanol–water partition coefficient (Wildman–Crippen LogP) is 2.66. The molecule has 70 valence electrons. The summed E-state index contributed by atoms with van der Waals surface area (Å²) in [5.74, 6) is 0. The topological polar surface area (TPSA) is 26.0 Å². The van der Waals surface area contributed by atoms with Crippen molar-refractivity contribution in [2.75, 3.05) is 6.26 Å². The molecule has 0 amide bonds. The SMILES string of the molecule is CSc1ccc(C)c(C2(N)CC2)c1. The molecule has 1 fully saturated rings. The zero-order chi connectivity index (χ0) is 9.47. The lowest BCUT2D eigenvalue weighted by Crippen LogP contribution is -2.19. The fraction of sp³-hybridized carbons (Fsp3) is 0.455. The molecular formula is C11H15NS. The van der Waals surface area contributed by atoms with E-state index in [4.69, 9.17) is 5.73 Å². The third kappa shape index (κ3) is 1.61. The molecule has 1 aromatic rings. The quantitative estimate of drug-likeness (QED) is 0.731. The molecule has 0 atom stereocenters. The Morgan fingerprint density at radius 1 is 1.38 bits per heavy atom. The molecule has 0 aliphatic heterocycles. The van der Waals surface area contributed by atoms with Crippen LogP contribution in [0.5, 0.6) is 0 Å². The van der Waals surface area contributed by atoms with Gasteiger partial charge in [-0.05, 0) is 49.3 Å². The van der Waals surface area contributed by atoms with Crippen molar-refractivity contribution in [3.05, 3.63) is 29.3 Å². The maximum atomic E-state index is 6.18. The molecule has 1 aliphatic rings. The van der Waals surface area contributed by atoms with E-state index in [1.165, 1.54) is 16.0 Å². The summed E-state index contributed by atoms with van der Waals surface area (Å²) in [5, 5.41) is 0. The number of aryl methyl sites for hydroxylation is 1. The molecular weight excluding hydrogens is 178 g/mol. The number of benzene rings is 1. The molecule has 0 spiro atoms. The summed E-state index contributed by atoms with van der Waals surface area (Å²) in [6, 6.07) is 6.58. The Morgan fingerprint density at radius 2 is 2.08 bits per heavy atom. The van der Waals surface area contributed by atoms with Gasteiger partial charge in [0.25, 0.3) is 0 Å². The molecule has 0 radical (unpaired) electrons. The lowest BCUT2D eigenvalue weighted by Gasteiger charge is -2.13. The Labute approximate surface area is 83.7 Å². The van der Waals surface area contributed by atoms with Gasteiger partial charge < -0.3 is 5.73 Å². The first-order chi connectivity index (χ1) is 6.15. The second kappa shape index (κ2) is 3.03. The minimum atomic E-state index is 0.00975. The van der Waals surface area contributed by atoms with Crippen LogP contribution in [0.1, 0.15) is 24.0 Å². The van der Waals surface area contributed by atoms with Crippen LogP contribution < -0.4 is 5.73 Å². The number of thioether (sulfide) groups is 1. The maximum Gasteiger partial charge on any atom is 0.0414 e. The Morgan fingerprint density at radius 3 is 2.62 bits per heavy atom. The second-order valence-electron chi connectivity index (χ2n) is 3.84. The molecule has 1 aromatic carbocycles. The van der Waals surface area contributed by atoms with Crippen molar-refractivity contribution in [2.24, 2.45) is 5.73 Å². The van der Waals surface area contributed by atoms with Crippen LogP contribution in [0, 0.1) is 6.92 Å². The highest BCUT2D eigenvalue weighted by Gasteiger charge is 2.40. The summed E-state index contributed by atoms with van der Waals surface area (Å²) >= 11 is 1.78. The monoisotopic (exact) mass is 193 g/mol. The standard InChI is InChI=1S/C11H15NS/c1-8-3-4-9(13-2)7-10(8)11(12)5-6-11/h3-4,7H,5-6,12H2,1-2H3. The summed E-state index contributed by atoms with van der Waals surface area (Å²) in [6.45, 7) is 2.15. The largest absolute Gasteiger partial charge is 0.321 e. The van der Waals surface area contributed by atoms with Crippen molar-refractivity contribution in [1.29, 1.82) is 0 Å². The highest BCUT2D eigenvalue weighted by atomic mass is 32.2. The van der Waals surface area contributed by atoms with E-state index in [-0.39, 0.29) is 5.54 Å². The smallest absolute Gasteiger partial charge is 0.0414 e. The first-order valence-corrected chi connectivity index (χ1v) is 5.82. The Bertz CT molecular complexity index is 329. The molecule has 0 heterocycles. The van der Waals surface area contributed by atoms with E-state index in [0.29, 0.717) is 0 Å². The van der Waals surface area contributed by atoms with Gasteiger partial charge in [0.05, 0.1) is 0 Å². The Kier molecular flexibility index (Phi) is 2.12. The van der Waals surface area contributed by atoms with Crippen LogP contribution in [0.2, 0.25) is 0 Å². The number of nitrogens with two attached hydrogens (primary N) is 1. The van der Waals surface area contributed by atoms with E-state index in [2.05, 4.69) is 31.4 Å². The zero-order valence-corrected chi connectivity index (χ0v) is 8.95. The second-order valence-corrected chi connectivity index (χ2v) is 4.72. The zero-order valence-electron chi connectivity index (χ0n) is 8.13. The fourth-order valence-electron chi connectivity index (χ4n) is 1.67. The first kappa shape index (κ1) is 9.10. The lowest BCUT2D eigenvalue weighted by atomic mass is 10.0. The molecule has 2 heteroatoms. The summed E-state index contributed by atoms with van der Waals surface area (Å²) in [4.78, 5) is 1.32. The average molecular weight is 193 g/mol. The van der Waals surface area contributed by atoms with E-state index in [1.807, 2.05) is 0 Å². The fourth-order valence-corrected chi connectivity index (χ4v) is 2.11. The molecule has 0 saturated heterocycles. The van der Waals surface area contributed by atoms with Crippen molar-refractivity contribution >= 4 is 11.8 Å². The summed E-state index contributed by atoms with van der Waals surface area (Å²) in [5.41, 5.74) is 8.87. The van der Waals surface area contributed by atoms with Gasteiger partial charge in [0, 0.05) is 10.4 Å². The van der Waals surface area contributed by atoms with Gasteiger partial charge in [-0.1, -0.05) is 6.07 Å². The molecule has 0 bridgehead atoms. The number of hydrogen-bond donors (Lipinski definition) is 1. The van der Waals surface area contributed by atoms with Gasteiger partial charge in [-0.25, -0.2) is 0 Å². The van der Waals surface area contributed by atoms with Crippen LogP contribution in [-0.2, 0) is 5.54 Å². The van der Waals surface area contributed by atoms with E-state index >= 15 is 0 Å². The van der Waals surface area contributed by atoms with E-state index in [1.54, 1.807) is 11.8 Å². The van der Waals surface area contributed by atoms with Crippen LogP contribution in [0.15, 0.2) is 23.1 Å². The predicted molar refractivity (Wildman–Crippen MR) is 58.1 cm³/mol. The van der Waals surface area contributed by atoms with Crippen molar-refractivity contribution < 1.29 is 0 Å². The van der Waals surface area contributed by atoms with Gasteiger partial charge in [-0.3, -0.25) is 0 Å². The molecule has 13 heavy (non-hydrogen) atoms. The van der Waals surface area contributed by atoms with Crippen LogP contribution in [-0.4, -0.2) is 6.26 Å². The average Bonchev–Trinajstić information content (AvgIpc) is 2.86. The van der Waals surface area contributed by atoms with Crippen LogP contribution >= 0.6 is 11.8 Å². The van der Waals surface area contributed by atoms with Gasteiger partial charge in [-0.2, -0.15) is 0 Å². The van der Waals surface area contributed by atoms with E-state index in [0.717, 1.165) is 12.8 Å². The number of hydrogen-bond acceptors (Lipinski definition) is 2. The third-order valence-electron chi connectivity index (χ3n) is 2.77. The van der Waals surface area contributed by atoms with Gasteiger partial charge in [0.2, 0.25) is 0 Å². The third-order valence-corrected chi connectivity index (χ3v) is 3.50. The van der Waals surface area contributed by atoms with Crippen LogP contribution in [0.4, 0.5) is 0 Å². The Balaban J connectivity index is 2.43. The number of rotatable bonds is 2. The van der Waals surface area contributed by atoms with E-state index < -0.39 is 0 Å². The summed E-state index contributed by atoms with van der Waals surface area (Å²) < 4.78 is 0. The minimum Gasteiger partial charge on any atom is -0.321 e. The van der Waals surface area contributed by atoms with Gasteiger partial charge in [-0.15, -0.1) is 11.8 Å². The molecule has 0 unspecified atom stereocenters. The molecule has 2 rings (SSSR count). The van der Waals surface area contributed by atoms with Gasteiger partial charge in [0.15, 0.2) is 0 Å². The van der Waals surface area contributed by atoms with E-state index in [9.17, 15) is 0 Å². The molecule has 1 saturated carbocycles. The molecule has 0 aromatic heterocycles. The minimum absolute atomic E-state index is 0.00975. The maximum absolute atomic E-state index is 6.18. The van der Waals surface area contributed by atoms with Crippen molar-refractivity contribution in [1.82, 2.24) is 0 Å². The Hall–Kier alpha value is -0.470. The highest BCUT2D eigenvalue weighted by Crippen LogP contribution is 2.44. The van der Waals surface area contributed by atoms with Crippen molar-refractivity contribution in [3.63, 3.8) is 0 Å². The normalized spacial score (nSPS) is 18.7. The highest BCUT2D eigenvalue weighted by molar-refractivity contribution is 7.98. The van der Waals surface area contributed by atoms with Crippen LogP contribution in [0.3, 0.4) is 0 Å². The van der Waals surface area contributed by atoms with Crippen molar-refractivity contribution in [3.8, 4) is 0 Å². The summed E-state index contributed by atoms with van der Waals surface area (Å²) in [6.07, 6.45) is 4.39. The van der Waals surface area contributed by atoms with Crippen LogP contribution in [0.25, 0.3) is 0 Å². The molecule has 1 nitrogen and oxygen atoms in total. The summed E-state index contributed by atoms with van der Waals surface area (Å²) in [7, 11) is 0. The molecule has 2 N–H and O–H groups in total. The lowest BCUT2D eigenvalue weighted by molar-refractivity contribution is 0.730. The van der Waals surface area contributed by atoms with Crippen molar-refractivity contribution in [2.45, 2.75) is 30.2 Å². The van der Waals surface area contributed by atoms with Gasteiger partial charge >= 0.3 is 0 Å². The first-order valence-electron chi connectivity index (χ1n) is 4.60. The van der Waals surface area contributed by atoms with Gasteiger partial charge in [0.1, 0.15) is 0 Å².